The van der Waals surface area contributed by atoms with E-state index in [4.69, 9.17) is 10.5 Å². The fourth-order valence-electron chi connectivity index (χ4n) is 2.69. The van der Waals surface area contributed by atoms with Crippen LogP contribution in [0.15, 0.2) is 18.2 Å². The van der Waals surface area contributed by atoms with Crippen molar-refractivity contribution in [1.82, 2.24) is 4.90 Å². The minimum Gasteiger partial charge on any atom is -0.444 e. The van der Waals surface area contributed by atoms with Gasteiger partial charge in [0.15, 0.2) is 0 Å². The lowest BCUT2D eigenvalue weighted by Gasteiger charge is -2.29. The normalized spacial score (nSPS) is 19.2. The van der Waals surface area contributed by atoms with E-state index in [1.165, 1.54) is 0 Å². The van der Waals surface area contributed by atoms with E-state index in [9.17, 15) is 4.79 Å². The average molecular weight is 276 g/mol. The monoisotopic (exact) mass is 276 g/mol. The Labute approximate surface area is 120 Å². The highest BCUT2D eigenvalue weighted by atomic mass is 16.6. The highest BCUT2D eigenvalue weighted by molar-refractivity contribution is 5.69. The van der Waals surface area contributed by atoms with Crippen molar-refractivity contribution in [3.05, 3.63) is 29.3 Å². The predicted molar refractivity (Wildman–Crippen MR) is 80.5 cm³/mol. The van der Waals surface area contributed by atoms with Crippen LogP contribution in [0.1, 0.15) is 50.8 Å². The molecule has 4 heteroatoms. The lowest BCUT2D eigenvalue weighted by atomic mass is 10.0. The van der Waals surface area contributed by atoms with Crippen molar-refractivity contribution in [3.63, 3.8) is 0 Å². The highest BCUT2D eigenvalue weighted by Crippen LogP contribution is 2.34. The van der Waals surface area contributed by atoms with Crippen LogP contribution in [0.3, 0.4) is 0 Å². The zero-order chi connectivity index (χ0) is 14.9. The van der Waals surface area contributed by atoms with E-state index in [0.29, 0.717) is 0 Å². The standard InChI is InChI=1S/C16H24N2O2/c1-11-8-12(10-13(17)9-11)14-6-5-7-18(14)15(19)20-16(2,3)4/h8-10,14H,5-7,17H2,1-4H3. The predicted octanol–water partition coefficient (Wildman–Crippen LogP) is 3.65. The Morgan fingerprint density at radius 2 is 2.05 bits per heavy atom. The molecule has 1 aliphatic heterocycles. The lowest BCUT2D eigenvalue weighted by molar-refractivity contribution is 0.0224. The molecule has 1 aliphatic rings. The van der Waals surface area contributed by atoms with Crippen LogP contribution in [0.4, 0.5) is 10.5 Å². The molecule has 20 heavy (non-hydrogen) atoms. The van der Waals surface area contributed by atoms with Gasteiger partial charge in [0, 0.05) is 12.2 Å². The molecule has 4 nitrogen and oxygen atoms in total. The number of carbonyl (C=O) groups is 1. The Kier molecular flexibility index (Phi) is 3.93. The van der Waals surface area contributed by atoms with Gasteiger partial charge in [-0.3, -0.25) is 0 Å². The summed E-state index contributed by atoms with van der Waals surface area (Å²) in [7, 11) is 0. The van der Waals surface area contributed by atoms with Crippen molar-refractivity contribution >= 4 is 11.8 Å². The molecule has 1 atom stereocenters. The maximum atomic E-state index is 12.3. The fourth-order valence-corrected chi connectivity index (χ4v) is 2.69. The summed E-state index contributed by atoms with van der Waals surface area (Å²) in [5.41, 5.74) is 8.42. The number of benzene rings is 1. The minimum atomic E-state index is -0.462. The average Bonchev–Trinajstić information content (AvgIpc) is 2.73. The molecule has 1 amide bonds. The second-order valence-electron chi connectivity index (χ2n) is 6.51. The van der Waals surface area contributed by atoms with Gasteiger partial charge in [0.05, 0.1) is 6.04 Å². The molecule has 0 aliphatic carbocycles. The van der Waals surface area contributed by atoms with Gasteiger partial charge in [-0.1, -0.05) is 6.07 Å². The third-order valence-electron chi connectivity index (χ3n) is 3.39. The Morgan fingerprint density at radius 1 is 1.35 bits per heavy atom. The topological polar surface area (TPSA) is 55.6 Å². The molecule has 2 N–H and O–H groups in total. The van der Waals surface area contributed by atoms with Gasteiger partial charge in [0.25, 0.3) is 0 Å². The summed E-state index contributed by atoms with van der Waals surface area (Å²) in [6.45, 7) is 8.43. The Bertz CT molecular complexity index is 485. The third-order valence-corrected chi connectivity index (χ3v) is 3.39. The molecule has 1 unspecified atom stereocenters. The number of anilines is 1. The second-order valence-corrected chi connectivity index (χ2v) is 6.51. The zero-order valence-electron chi connectivity index (χ0n) is 12.8. The van der Waals surface area contributed by atoms with Crippen molar-refractivity contribution in [1.29, 1.82) is 0 Å². The number of nitrogen functional groups attached to an aromatic ring is 1. The van der Waals surface area contributed by atoms with Crippen LogP contribution in [0, 0.1) is 6.92 Å². The molecule has 1 aromatic carbocycles. The number of rotatable bonds is 1. The molecule has 1 fully saturated rings. The number of likely N-dealkylation sites (tertiary alicyclic amines) is 1. The number of hydrogen-bond acceptors (Lipinski definition) is 3. The molecule has 1 saturated heterocycles. The molecule has 2 rings (SSSR count). The number of amides is 1. The van der Waals surface area contributed by atoms with Crippen LogP contribution in [0.25, 0.3) is 0 Å². The van der Waals surface area contributed by atoms with Crippen molar-refractivity contribution in [2.24, 2.45) is 0 Å². The minimum absolute atomic E-state index is 0.0760. The number of hydrogen-bond donors (Lipinski definition) is 1. The second kappa shape index (κ2) is 5.35. The zero-order valence-corrected chi connectivity index (χ0v) is 12.8. The Balaban J connectivity index is 2.20. The molecule has 1 aromatic rings. The number of carbonyl (C=O) groups excluding carboxylic acids is 1. The third kappa shape index (κ3) is 3.44. The van der Waals surface area contributed by atoms with E-state index < -0.39 is 5.60 Å². The van der Waals surface area contributed by atoms with Gasteiger partial charge in [0.1, 0.15) is 5.60 Å². The Morgan fingerprint density at radius 3 is 2.65 bits per heavy atom. The van der Waals surface area contributed by atoms with Gasteiger partial charge in [-0.25, -0.2) is 4.79 Å². The SMILES string of the molecule is Cc1cc(N)cc(C2CCCN2C(=O)OC(C)(C)C)c1. The molecule has 0 saturated carbocycles. The molecule has 1 heterocycles. The van der Waals surface area contributed by atoms with Gasteiger partial charge >= 0.3 is 6.09 Å². The quantitative estimate of drug-likeness (QED) is 0.797. The van der Waals surface area contributed by atoms with E-state index in [1.54, 1.807) is 0 Å². The molecular formula is C16H24N2O2. The van der Waals surface area contributed by atoms with Gasteiger partial charge in [0.2, 0.25) is 0 Å². The molecular weight excluding hydrogens is 252 g/mol. The first-order chi connectivity index (χ1) is 9.26. The van der Waals surface area contributed by atoms with Gasteiger partial charge in [-0.05, 0) is 63.8 Å². The van der Waals surface area contributed by atoms with Crippen LogP contribution in [-0.2, 0) is 4.74 Å². The van der Waals surface area contributed by atoms with E-state index in [-0.39, 0.29) is 12.1 Å². The number of ether oxygens (including phenoxy) is 1. The summed E-state index contributed by atoms with van der Waals surface area (Å²) in [6, 6.07) is 6.08. The number of nitrogens with two attached hydrogens (primary N) is 1. The van der Waals surface area contributed by atoms with Crippen molar-refractivity contribution in [2.75, 3.05) is 12.3 Å². The fraction of sp³-hybridized carbons (Fsp3) is 0.562. The largest absolute Gasteiger partial charge is 0.444 e. The summed E-state index contributed by atoms with van der Waals surface area (Å²) in [4.78, 5) is 14.1. The number of aryl methyl sites for hydroxylation is 1. The van der Waals surface area contributed by atoms with Crippen molar-refractivity contribution in [2.45, 2.75) is 52.2 Å². The number of nitrogens with zero attached hydrogens (tertiary/aromatic N) is 1. The van der Waals surface area contributed by atoms with Crippen LogP contribution in [0.2, 0.25) is 0 Å². The molecule has 110 valence electrons. The Hall–Kier alpha value is -1.71. The van der Waals surface area contributed by atoms with Crippen molar-refractivity contribution < 1.29 is 9.53 Å². The first-order valence-corrected chi connectivity index (χ1v) is 7.13. The molecule has 0 bridgehead atoms. The maximum absolute atomic E-state index is 12.3. The maximum Gasteiger partial charge on any atom is 0.410 e. The summed E-state index contributed by atoms with van der Waals surface area (Å²) >= 11 is 0. The van der Waals surface area contributed by atoms with E-state index in [2.05, 4.69) is 6.07 Å². The smallest absolute Gasteiger partial charge is 0.410 e. The molecule has 0 aromatic heterocycles. The van der Waals surface area contributed by atoms with Gasteiger partial charge in [-0.2, -0.15) is 0 Å². The van der Waals surface area contributed by atoms with Crippen LogP contribution >= 0.6 is 0 Å². The first-order valence-electron chi connectivity index (χ1n) is 7.13. The van der Waals surface area contributed by atoms with Crippen molar-refractivity contribution in [3.8, 4) is 0 Å². The highest BCUT2D eigenvalue weighted by Gasteiger charge is 2.33. The van der Waals surface area contributed by atoms with Crippen LogP contribution in [0.5, 0.6) is 0 Å². The van der Waals surface area contributed by atoms with E-state index in [1.807, 2.05) is 44.7 Å². The summed E-state index contributed by atoms with van der Waals surface area (Å²) < 4.78 is 5.49. The molecule has 0 radical (unpaired) electrons. The summed E-state index contributed by atoms with van der Waals surface area (Å²) in [5, 5.41) is 0. The lowest BCUT2D eigenvalue weighted by Crippen LogP contribution is -2.36. The van der Waals surface area contributed by atoms with Gasteiger partial charge < -0.3 is 15.4 Å². The van der Waals surface area contributed by atoms with Crippen LogP contribution < -0.4 is 5.73 Å². The van der Waals surface area contributed by atoms with Gasteiger partial charge in [-0.15, -0.1) is 0 Å². The molecule has 0 spiro atoms. The summed E-state index contributed by atoms with van der Waals surface area (Å²) in [5.74, 6) is 0. The van der Waals surface area contributed by atoms with E-state index in [0.717, 1.165) is 36.2 Å². The van der Waals surface area contributed by atoms with E-state index >= 15 is 0 Å². The van der Waals surface area contributed by atoms with Crippen LogP contribution in [-0.4, -0.2) is 23.1 Å². The first kappa shape index (κ1) is 14.7. The summed E-state index contributed by atoms with van der Waals surface area (Å²) in [6.07, 6.45) is 1.72.